The average molecular weight is 269 g/mol. The number of hydrogen-bond donors (Lipinski definition) is 3. The van der Waals surface area contributed by atoms with Crippen molar-refractivity contribution in [2.75, 3.05) is 6.61 Å². The predicted molar refractivity (Wildman–Crippen MR) is 62.4 cm³/mol. The SMILES string of the molecule is Cc1cn([C@H]2C[C@@](O)([Si])[C@@H](CO)O2)c(=O)[nH]c1=O. The highest BCUT2D eigenvalue weighted by Gasteiger charge is 2.44. The Morgan fingerprint density at radius 2 is 2.33 bits per heavy atom. The number of aliphatic hydroxyl groups excluding tert-OH is 1. The van der Waals surface area contributed by atoms with Gasteiger partial charge in [0.2, 0.25) is 0 Å². The molecule has 0 amide bonds. The molecule has 0 saturated carbocycles. The van der Waals surface area contributed by atoms with Gasteiger partial charge in [-0.25, -0.2) is 4.79 Å². The third-order valence-electron chi connectivity index (χ3n) is 2.96. The molecule has 97 valence electrons. The fourth-order valence-corrected chi connectivity index (χ4v) is 2.24. The van der Waals surface area contributed by atoms with Gasteiger partial charge in [-0.3, -0.25) is 14.3 Å². The highest BCUT2D eigenvalue weighted by Crippen LogP contribution is 2.33. The maximum Gasteiger partial charge on any atom is 0.330 e. The first-order valence-electron chi connectivity index (χ1n) is 5.41. The molecule has 1 aromatic rings. The fraction of sp³-hybridized carbons (Fsp3) is 0.600. The number of H-pyrrole nitrogens is 1. The van der Waals surface area contributed by atoms with Crippen LogP contribution in [0, 0.1) is 6.92 Å². The van der Waals surface area contributed by atoms with E-state index in [0.29, 0.717) is 5.56 Å². The average Bonchev–Trinajstić information content (AvgIpc) is 2.58. The Hall–Kier alpha value is -1.22. The summed E-state index contributed by atoms with van der Waals surface area (Å²) >= 11 is 0. The number of rotatable bonds is 2. The zero-order valence-electron chi connectivity index (χ0n) is 9.71. The van der Waals surface area contributed by atoms with Gasteiger partial charge in [0.05, 0.1) is 22.1 Å². The van der Waals surface area contributed by atoms with Crippen LogP contribution in [-0.4, -0.2) is 47.9 Å². The van der Waals surface area contributed by atoms with Crippen LogP contribution in [0.3, 0.4) is 0 Å². The van der Waals surface area contributed by atoms with Crippen LogP contribution in [0.1, 0.15) is 18.2 Å². The second-order valence-electron chi connectivity index (χ2n) is 4.37. The van der Waals surface area contributed by atoms with Crippen LogP contribution >= 0.6 is 0 Å². The van der Waals surface area contributed by atoms with E-state index in [-0.39, 0.29) is 13.0 Å². The maximum absolute atomic E-state index is 11.7. The smallest absolute Gasteiger partial charge is 0.330 e. The van der Waals surface area contributed by atoms with Gasteiger partial charge in [0, 0.05) is 18.2 Å². The Bertz CT molecular complexity index is 564. The molecule has 2 rings (SSSR count). The molecule has 3 N–H and O–H groups in total. The van der Waals surface area contributed by atoms with Crippen LogP contribution in [0.25, 0.3) is 0 Å². The standard InChI is InChI=1S/C10H13N2O5Si/c1-5-3-12(9(15)11-8(5)14)7-2-10(16,18)6(4-13)17-7/h3,6-7,13,16H,2,4H2,1H3,(H,11,14,15)/t6-,7-,10-/m1/s1. The molecule has 3 radical (unpaired) electrons. The van der Waals surface area contributed by atoms with Crippen LogP contribution in [0.4, 0.5) is 0 Å². The summed E-state index contributed by atoms with van der Waals surface area (Å²) in [5.74, 6) is 0. The molecule has 1 saturated heterocycles. The van der Waals surface area contributed by atoms with Crippen molar-refractivity contribution in [3.8, 4) is 0 Å². The minimum Gasteiger partial charge on any atom is -0.394 e. The molecule has 1 aliphatic rings. The summed E-state index contributed by atoms with van der Waals surface area (Å²) in [6.07, 6.45) is -0.125. The van der Waals surface area contributed by atoms with Crippen molar-refractivity contribution in [3.63, 3.8) is 0 Å². The zero-order chi connectivity index (χ0) is 13.5. The molecule has 3 atom stereocenters. The summed E-state index contributed by atoms with van der Waals surface area (Å²) in [5.41, 5.74) is -0.707. The largest absolute Gasteiger partial charge is 0.394 e. The third kappa shape index (κ3) is 2.19. The van der Waals surface area contributed by atoms with E-state index in [1.165, 1.54) is 10.8 Å². The lowest BCUT2D eigenvalue weighted by Crippen LogP contribution is -2.40. The summed E-state index contributed by atoms with van der Waals surface area (Å²) in [6, 6.07) is 0. The fourth-order valence-electron chi connectivity index (χ4n) is 1.91. The van der Waals surface area contributed by atoms with Crippen LogP contribution < -0.4 is 11.2 Å². The summed E-state index contributed by atoms with van der Waals surface area (Å²) < 4.78 is 6.57. The normalized spacial score (nSPS) is 31.8. The van der Waals surface area contributed by atoms with Gasteiger partial charge < -0.3 is 14.9 Å². The molecule has 1 aromatic heterocycles. The molecule has 8 heteroatoms. The van der Waals surface area contributed by atoms with E-state index >= 15 is 0 Å². The predicted octanol–water partition coefficient (Wildman–Crippen LogP) is -2.02. The molecule has 0 spiro atoms. The van der Waals surface area contributed by atoms with Crippen molar-refractivity contribution in [3.05, 3.63) is 32.6 Å². The van der Waals surface area contributed by atoms with Gasteiger partial charge in [0.25, 0.3) is 5.56 Å². The third-order valence-corrected chi connectivity index (χ3v) is 3.49. The Kier molecular flexibility index (Phi) is 3.28. The van der Waals surface area contributed by atoms with Gasteiger partial charge in [-0.1, -0.05) is 0 Å². The topological polar surface area (TPSA) is 105 Å². The minimum atomic E-state index is -1.40. The summed E-state index contributed by atoms with van der Waals surface area (Å²) in [5, 5.41) is 17.6. The van der Waals surface area contributed by atoms with E-state index in [9.17, 15) is 14.7 Å². The molecule has 0 bridgehead atoms. The van der Waals surface area contributed by atoms with Crippen LogP contribution in [0.15, 0.2) is 15.8 Å². The van der Waals surface area contributed by atoms with Crippen molar-refractivity contribution >= 4 is 10.2 Å². The summed E-state index contributed by atoms with van der Waals surface area (Å²) in [6.45, 7) is 1.18. The van der Waals surface area contributed by atoms with E-state index < -0.39 is 28.8 Å². The number of aromatic nitrogens is 2. The molecule has 0 aromatic carbocycles. The van der Waals surface area contributed by atoms with Gasteiger partial charge in [0.1, 0.15) is 12.3 Å². The molecule has 1 aliphatic heterocycles. The second kappa shape index (κ2) is 4.46. The van der Waals surface area contributed by atoms with E-state index in [0.717, 1.165) is 0 Å². The van der Waals surface area contributed by atoms with Crippen LogP contribution in [0.5, 0.6) is 0 Å². The van der Waals surface area contributed by atoms with Crippen molar-refractivity contribution in [1.82, 2.24) is 9.55 Å². The van der Waals surface area contributed by atoms with E-state index in [1.54, 1.807) is 6.92 Å². The molecule has 0 unspecified atom stereocenters. The zero-order valence-corrected chi connectivity index (χ0v) is 10.7. The van der Waals surface area contributed by atoms with E-state index in [2.05, 4.69) is 15.2 Å². The van der Waals surface area contributed by atoms with Crippen molar-refractivity contribution in [2.24, 2.45) is 0 Å². The number of aliphatic hydroxyl groups is 2. The molecular weight excluding hydrogens is 256 g/mol. The molecular formula is C10H13N2O5Si. The van der Waals surface area contributed by atoms with Crippen LogP contribution in [-0.2, 0) is 4.74 Å². The Labute approximate surface area is 105 Å². The van der Waals surface area contributed by atoms with Crippen molar-refractivity contribution < 1.29 is 14.9 Å². The van der Waals surface area contributed by atoms with Gasteiger partial charge in [0.15, 0.2) is 0 Å². The lowest BCUT2D eigenvalue weighted by atomic mass is 10.1. The van der Waals surface area contributed by atoms with Gasteiger partial charge >= 0.3 is 5.69 Å². The first kappa shape index (κ1) is 13.2. The number of nitrogens with zero attached hydrogens (tertiary/aromatic N) is 1. The molecule has 1 fully saturated rings. The number of aryl methyl sites for hydroxylation is 1. The van der Waals surface area contributed by atoms with Crippen molar-refractivity contribution in [1.29, 1.82) is 0 Å². The summed E-state index contributed by atoms with van der Waals surface area (Å²) in [4.78, 5) is 25.1. The van der Waals surface area contributed by atoms with Gasteiger partial charge in [-0.05, 0) is 6.92 Å². The number of ether oxygens (including phenoxy) is 1. The van der Waals surface area contributed by atoms with Gasteiger partial charge in [-0.15, -0.1) is 0 Å². The molecule has 18 heavy (non-hydrogen) atoms. The lowest BCUT2D eigenvalue weighted by molar-refractivity contribution is -0.0558. The highest BCUT2D eigenvalue weighted by molar-refractivity contribution is 6.15. The maximum atomic E-state index is 11.7. The van der Waals surface area contributed by atoms with E-state index in [4.69, 9.17) is 9.84 Å². The quantitative estimate of drug-likeness (QED) is 0.538. The lowest BCUT2D eigenvalue weighted by Gasteiger charge is -2.20. The molecule has 7 nitrogen and oxygen atoms in total. The number of hydrogen-bond acceptors (Lipinski definition) is 5. The Balaban J connectivity index is 2.38. The van der Waals surface area contributed by atoms with Gasteiger partial charge in [-0.2, -0.15) is 0 Å². The Morgan fingerprint density at radius 3 is 2.89 bits per heavy atom. The van der Waals surface area contributed by atoms with Crippen molar-refractivity contribution in [2.45, 2.75) is 30.9 Å². The number of aromatic amines is 1. The first-order valence-corrected chi connectivity index (χ1v) is 5.91. The first-order chi connectivity index (χ1) is 8.35. The second-order valence-corrected chi connectivity index (χ2v) is 5.23. The van der Waals surface area contributed by atoms with E-state index in [1.807, 2.05) is 0 Å². The van der Waals surface area contributed by atoms with Crippen LogP contribution in [0.2, 0.25) is 0 Å². The molecule has 2 heterocycles. The minimum absolute atomic E-state index is 0.0838. The number of nitrogens with one attached hydrogen (secondary N) is 1. The monoisotopic (exact) mass is 269 g/mol. The molecule has 0 aliphatic carbocycles. The highest BCUT2D eigenvalue weighted by atomic mass is 28.1. The summed E-state index contributed by atoms with van der Waals surface area (Å²) in [7, 11) is 3.10. The Morgan fingerprint density at radius 1 is 1.67 bits per heavy atom.